The molecule has 2 aromatic carbocycles. The summed E-state index contributed by atoms with van der Waals surface area (Å²) < 4.78 is 5.60. The van der Waals surface area contributed by atoms with Crippen LogP contribution in [0.25, 0.3) is 10.8 Å². The number of rotatable bonds is 2. The minimum absolute atomic E-state index is 0.727. The van der Waals surface area contributed by atoms with Crippen molar-refractivity contribution < 1.29 is 4.74 Å². The van der Waals surface area contributed by atoms with Crippen molar-refractivity contribution >= 4 is 10.8 Å². The Balaban J connectivity index is 2.37. The Hall–Kier alpha value is -2.01. The number of fused-ring (bicyclic) bond motifs is 1. The highest BCUT2D eigenvalue weighted by Crippen LogP contribution is 2.23. The molecule has 0 atom stereocenters. The maximum atomic E-state index is 8.89. The molecule has 0 amide bonds. The van der Waals surface area contributed by atoms with E-state index in [1.807, 2.05) is 36.4 Å². The molecule has 80 valence electrons. The van der Waals surface area contributed by atoms with E-state index in [-0.39, 0.29) is 0 Å². The first-order valence-electron chi connectivity index (χ1n) is 5.20. The molecule has 0 radical (unpaired) electrons. The SMILES string of the molecule is CC(C)(C#N)Oc1ccc2ccccc2c1. The lowest BCUT2D eigenvalue weighted by Crippen LogP contribution is -2.25. The zero-order valence-electron chi connectivity index (χ0n) is 9.40. The zero-order chi connectivity index (χ0) is 11.6. The Morgan fingerprint density at radius 3 is 2.44 bits per heavy atom. The molecule has 0 N–H and O–H groups in total. The van der Waals surface area contributed by atoms with Crippen LogP contribution in [0.15, 0.2) is 42.5 Å². The van der Waals surface area contributed by atoms with E-state index < -0.39 is 5.60 Å². The van der Waals surface area contributed by atoms with Gasteiger partial charge in [-0.15, -0.1) is 0 Å². The number of nitrogens with zero attached hydrogens (tertiary/aromatic N) is 1. The van der Waals surface area contributed by atoms with Gasteiger partial charge >= 0.3 is 0 Å². The topological polar surface area (TPSA) is 33.0 Å². The van der Waals surface area contributed by atoms with Crippen molar-refractivity contribution in [1.82, 2.24) is 0 Å². The van der Waals surface area contributed by atoms with Gasteiger partial charge in [-0.1, -0.05) is 30.3 Å². The molecule has 0 unspecified atom stereocenters. The maximum absolute atomic E-state index is 8.89. The molecule has 0 aliphatic rings. The highest BCUT2D eigenvalue weighted by molar-refractivity contribution is 5.83. The molecule has 2 aromatic rings. The Kier molecular flexibility index (Phi) is 2.54. The van der Waals surface area contributed by atoms with Crippen molar-refractivity contribution in [3.05, 3.63) is 42.5 Å². The van der Waals surface area contributed by atoms with Crippen LogP contribution < -0.4 is 4.74 Å². The van der Waals surface area contributed by atoms with Gasteiger partial charge in [-0.25, -0.2) is 0 Å². The van der Waals surface area contributed by atoms with Gasteiger partial charge in [0.05, 0.1) is 0 Å². The van der Waals surface area contributed by atoms with Crippen LogP contribution in [0.2, 0.25) is 0 Å². The summed E-state index contributed by atoms with van der Waals surface area (Å²) in [7, 11) is 0. The molecule has 0 aromatic heterocycles. The van der Waals surface area contributed by atoms with Crippen molar-refractivity contribution in [3.8, 4) is 11.8 Å². The van der Waals surface area contributed by atoms with E-state index in [1.165, 1.54) is 5.39 Å². The fourth-order valence-electron chi connectivity index (χ4n) is 1.55. The van der Waals surface area contributed by atoms with Crippen LogP contribution in [0.5, 0.6) is 5.75 Å². The summed E-state index contributed by atoms with van der Waals surface area (Å²) in [6.45, 7) is 3.50. The Labute approximate surface area is 95.1 Å². The molecule has 0 saturated heterocycles. The summed E-state index contributed by atoms with van der Waals surface area (Å²) in [5.74, 6) is 0.727. The van der Waals surface area contributed by atoms with Crippen molar-refractivity contribution in [2.75, 3.05) is 0 Å². The predicted octanol–water partition coefficient (Wildman–Crippen LogP) is 3.52. The number of nitriles is 1. The van der Waals surface area contributed by atoms with Crippen molar-refractivity contribution in [2.24, 2.45) is 0 Å². The Morgan fingerprint density at radius 2 is 1.75 bits per heavy atom. The summed E-state index contributed by atoms with van der Waals surface area (Å²) in [6, 6.07) is 16.0. The smallest absolute Gasteiger partial charge is 0.188 e. The highest BCUT2D eigenvalue weighted by atomic mass is 16.5. The fourth-order valence-corrected chi connectivity index (χ4v) is 1.55. The van der Waals surface area contributed by atoms with Crippen molar-refractivity contribution in [2.45, 2.75) is 19.4 Å². The van der Waals surface area contributed by atoms with Crippen LogP contribution in [0, 0.1) is 11.3 Å². The standard InChI is InChI=1S/C14H13NO/c1-14(2,10-15)16-13-8-7-11-5-3-4-6-12(11)9-13/h3-9H,1-2H3. The first kappa shape index (κ1) is 10.5. The van der Waals surface area contributed by atoms with Gasteiger partial charge in [0.1, 0.15) is 11.8 Å². The van der Waals surface area contributed by atoms with Gasteiger partial charge in [0.2, 0.25) is 0 Å². The number of benzene rings is 2. The summed E-state index contributed by atoms with van der Waals surface area (Å²) in [5, 5.41) is 11.2. The Morgan fingerprint density at radius 1 is 1.06 bits per heavy atom. The highest BCUT2D eigenvalue weighted by Gasteiger charge is 2.18. The number of hydrogen-bond donors (Lipinski definition) is 0. The lowest BCUT2D eigenvalue weighted by atomic mass is 10.1. The second-order valence-corrected chi connectivity index (χ2v) is 4.23. The second kappa shape index (κ2) is 3.86. The molecule has 0 aliphatic heterocycles. The van der Waals surface area contributed by atoms with Gasteiger partial charge in [0, 0.05) is 0 Å². The molecule has 0 heterocycles. The van der Waals surface area contributed by atoms with E-state index in [9.17, 15) is 0 Å². The lowest BCUT2D eigenvalue weighted by molar-refractivity contribution is 0.170. The van der Waals surface area contributed by atoms with Crippen LogP contribution in [0.1, 0.15) is 13.8 Å². The summed E-state index contributed by atoms with van der Waals surface area (Å²) >= 11 is 0. The molecule has 0 aliphatic carbocycles. The minimum Gasteiger partial charge on any atom is -0.473 e. The van der Waals surface area contributed by atoms with Crippen LogP contribution in [0.3, 0.4) is 0 Å². The van der Waals surface area contributed by atoms with Crippen LogP contribution >= 0.6 is 0 Å². The van der Waals surface area contributed by atoms with Crippen molar-refractivity contribution in [3.63, 3.8) is 0 Å². The zero-order valence-corrected chi connectivity index (χ0v) is 9.40. The number of ether oxygens (including phenoxy) is 1. The molecular weight excluding hydrogens is 198 g/mol. The van der Waals surface area contributed by atoms with Crippen molar-refractivity contribution in [1.29, 1.82) is 5.26 Å². The normalized spacial score (nSPS) is 11.1. The van der Waals surface area contributed by atoms with Gasteiger partial charge in [0.25, 0.3) is 0 Å². The molecule has 0 saturated carbocycles. The summed E-state index contributed by atoms with van der Waals surface area (Å²) in [6.07, 6.45) is 0. The molecular formula is C14H13NO. The molecule has 16 heavy (non-hydrogen) atoms. The third kappa shape index (κ3) is 2.14. The van der Waals surface area contributed by atoms with E-state index in [1.54, 1.807) is 13.8 Å². The van der Waals surface area contributed by atoms with Crippen LogP contribution in [-0.4, -0.2) is 5.60 Å². The molecule has 0 bridgehead atoms. The van der Waals surface area contributed by atoms with Gasteiger partial charge in [-0.2, -0.15) is 5.26 Å². The molecule has 0 spiro atoms. The average Bonchev–Trinajstić information content (AvgIpc) is 2.28. The van der Waals surface area contributed by atoms with E-state index in [2.05, 4.69) is 12.1 Å². The third-order valence-electron chi connectivity index (χ3n) is 2.36. The number of hydrogen-bond acceptors (Lipinski definition) is 2. The predicted molar refractivity (Wildman–Crippen MR) is 64.3 cm³/mol. The molecule has 0 fully saturated rings. The van der Waals surface area contributed by atoms with E-state index in [0.29, 0.717) is 0 Å². The quantitative estimate of drug-likeness (QED) is 0.761. The third-order valence-corrected chi connectivity index (χ3v) is 2.36. The van der Waals surface area contributed by atoms with Crippen LogP contribution in [-0.2, 0) is 0 Å². The van der Waals surface area contributed by atoms with Crippen LogP contribution in [0.4, 0.5) is 0 Å². The van der Waals surface area contributed by atoms with E-state index in [0.717, 1.165) is 11.1 Å². The largest absolute Gasteiger partial charge is 0.473 e. The monoisotopic (exact) mass is 211 g/mol. The fraction of sp³-hybridized carbons (Fsp3) is 0.214. The lowest BCUT2D eigenvalue weighted by Gasteiger charge is -2.18. The van der Waals surface area contributed by atoms with E-state index in [4.69, 9.17) is 10.00 Å². The van der Waals surface area contributed by atoms with E-state index >= 15 is 0 Å². The Bertz CT molecular complexity index is 552. The maximum Gasteiger partial charge on any atom is 0.188 e. The molecule has 2 rings (SSSR count). The summed E-state index contributed by atoms with van der Waals surface area (Å²) in [4.78, 5) is 0. The van der Waals surface area contributed by atoms with Gasteiger partial charge in [0.15, 0.2) is 5.60 Å². The minimum atomic E-state index is -0.789. The van der Waals surface area contributed by atoms with Gasteiger partial charge in [-0.05, 0) is 36.8 Å². The van der Waals surface area contributed by atoms with Gasteiger partial charge < -0.3 is 4.74 Å². The molecule has 2 heteroatoms. The van der Waals surface area contributed by atoms with Gasteiger partial charge in [-0.3, -0.25) is 0 Å². The average molecular weight is 211 g/mol. The second-order valence-electron chi connectivity index (χ2n) is 4.23. The molecule has 2 nitrogen and oxygen atoms in total. The summed E-state index contributed by atoms with van der Waals surface area (Å²) in [5.41, 5.74) is -0.789. The first-order chi connectivity index (χ1) is 7.61. The first-order valence-corrected chi connectivity index (χ1v) is 5.20.